The van der Waals surface area contributed by atoms with Crippen LogP contribution in [0.15, 0.2) is 0 Å². The zero-order valence-electron chi connectivity index (χ0n) is 12.2. The predicted octanol–water partition coefficient (Wildman–Crippen LogP) is 2.85. The standard InChI is InChI=1S/C15H31NO2/c1-14-6-5-7-15(12-14)13-16-8-3-4-9-18-11-10-17-2/h14-16H,3-13H2,1-2H3. The largest absolute Gasteiger partial charge is 0.382 e. The lowest BCUT2D eigenvalue weighted by Crippen LogP contribution is -2.27. The minimum atomic E-state index is 0.706. The third kappa shape index (κ3) is 8.06. The van der Waals surface area contributed by atoms with Gasteiger partial charge < -0.3 is 14.8 Å². The molecule has 0 spiro atoms. The Morgan fingerprint density at radius 3 is 2.78 bits per heavy atom. The van der Waals surface area contributed by atoms with Crippen molar-refractivity contribution in [1.29, 1.82) is 0 Å². The lowest BCUT2D eigenvalue weighted by molar-refractivity contribution is 0.0688. The van der Waals surface area contributed by atoms with E-state index in [-0.39, 0.29) is 0 Å². The van der Waals surface area contributed by atoms with Gasteiger partial charge in [-0.25, -0.2) is 0 Å². The van der Waals surface area contributed by atoms with Crippen LogP contribution in [0.5, 0.6) is 0 Å². The van der Waals surface area contributed by atoms with Crippen LogP contribution in [0.3, 0.4) is 0 Å². The third-order valence-corrected chi connectivity index (χ3v) is 3.80. The number of ether oxygens (including phenoxy) is 2. The number of hydrogen-bond acceptors (Lipinski definition) is 3. The van der Waals surface area contributed by atoms with Gasteiger partial charge in [0.15, 0.2) is 0 Å². The van der Waals surface area contributed by atoms with Crippen molar-refractivity contribution in [2.75, 3.05) is 40.0 Å². The topological polar surface area (TPSA) is 30.5 Å². The fraction of sp³-hybridized carbons (Fsp3) is 1.00. The third-order valence-electron chi connectivity index (χ3n) is 3.80. The van der Waals surface area contributed by atoms with Gasteiger partial charge in [-0.15, -0.1) is 0 Å². The summed E-state index contributed by atoms with van der Waals surface area (Å²) in [6.07, 6.45) is 8.09. The van der Waals surface area contributed by atoms with Gasteiger partial charge in [0.05, 0.1) is 13.2 Å². The molecule has 0 amide bonds. The molecule has 0 radical (unpaired) electrons. The summed E-state index contributed by atoms with van der Waals surface area (Å²) in [6, 6.07) is 0. The summed E-state index contributed by atoms with van der Waals surface area (Å²) in [6.45, 7) is 7.05. The van der Waals surface area contributed by atoms with Gasteiger partial charge in [0.2, 0.25) is 0 Å². The predicted molar refractivity (Wildman–Crippen MR) is 75.9 cm³/mol. The van der Waals surface area contributed by atoms with Gasteiger partial charge in [-0.2, -0.15) is 0 Å². The highest BCUT2D eigenvalue weighted by Gasteiger charge is 2.17. The number of unbranched alkanes of at least 4 members (excludes halogenated alkanes) is 1. The van der Waals surface area contributed by atoms with Crippen molar-refractivity contribution >= 4 is 0 Å². The van der Waals surface area contributed by atoms with E-state index in [4.69, 9.17) is 9.47 Å². The normalized spacial score (nSPS) is 24.3. The van der Waals surface area contributed by atoms with Gasteiger partial charge >= 0.3 is 0 Å². The Morgan fingerprint density at radius 1 is 1.11 bits per heavy atom. The Balaban J connectivity index is 1.80. The molecule has 1 rings (SSSR count). The van der Waals surface area contributed by atoms with Crippen LogP contribution in [0, 0.1) is 11.8 Å². The van der Waals surface area contributed by atoms with E-state index in [2.05, 4.69) is 12.2 Å². The van der Waals surface area contributed by atoms with Crippen LogP contribution in [0.4, 0.5) is 0 Å². The second-order valence-corrected chi connectivity index (χ2v) is 5.65. The summed E-state index contributed by atoms with van der Waals surface area (Å²) in [5.74, 6) is 1.87. The molecule has 2 unspecified atom stereocenters. The van der Waals surface area contributed by atoms with Crippen LogP contribution in [-0.2, 0) is 9.47 Å². The number of nitrogens with one attached hydrogen (secondary N) is 1. The molecule has 3 heteroatoms. The molecule has 1 saturated carbocycles. The molecule has 0 heterocycles. The van der Waals surface area contributed by atoms with Crippen molar-refractivity contribution in [3.05, 3.63) is 0 Å². The minimum absolute atomic E-state index is 0.706. The molecule has 3 nitrogen and oxygen atoms in total. The first kappa shape index (κ1) is 15.9. The number of rotatable bonds is 10. The molecule has 0 aromatic carbocycles. The van der Waals surface area contributed by atoms with Crippen molar-refractivity contribution in [2.24, 2.45) is 11.8 Å². The zero-order valence-corrected chi connectivity index (χ0v) is 12.2. The molecule has 1 aliphatic carbocycles. The van der Waals surface area contributed by atoms with Gasteiger partial charge in [-0.1, -0.05) is 19.8 Å². The maximum absolute atomic E-state index is 5.43. The van der Waals surface area contributed by atoms with Crippen LogP contribution in [0.1, 0.15) is 45.4 Å². The second-order valence-electron chi connectivity index (χ2n) is 5.65. The Morgan fingerprint density at radius 2 is 2.00 bits per heavy atom. The van der Waals surface area contributed by atoms with Crippen molar-refractivity contribution in [1.82, 2.24) is 5.32 Å². The molecule has 1 aliphatic rings. The van der Waals surface area contributed by atoms with E-state index in [1.54, 1.807) is 7.11 Å². The van der Waals surface area contributed by atoms with Crippen molar-refractivity contribution in [3.8, 4) is 0 Å². The molecular weight excluding hydrogens is 226 g/mol. The van der Waals surface area contributed by atoms with Gasteiger partial charge in [0, 0.05) is 13.7 Å². The summed E-state index contributed by atoms with van der Waals surface area (Å²) in [7, 11) is 1.71. The van der Waals surface area contributed by atoms with Crippen molar-refractivity contribution in [3.63, 3.8) is 0 Å². The first-order chi connectivity index (χ1) is 8.83. The van der Waals surface area contributed by atoms with Gasteiger partial charge in [0.25, 0.3) is 0 Å². The smallest absolute Gasteiger partial charge is 0.0700 e. The summed E-state index contributed by atoms with van der Waals surface area (Å²) in [5, 5.41) is 3.60. The highest BCUT2D eigenvalue weighted by molar-refractivity contribution is 4.72. The van der Waals surface area contributed by atoms with Gasteiger partial charge in [-0.05, 0) is 50.6 Å². The summed E-state index contributed by atoms with van der Waals surface area (Å²) < 4.78 is 10.4. The maximum atomic E-state index is 5.43. The van der Waals surface area contributed by atoms with Crippen LogP contribution >= 0.6 is 0 Å². The van der Waals surface area contributed by atoms with E-state index >= 15 is 0 Å². The molecule has 0 aliphatic heterocycles. The Labute approximate surface area is 113 Å². The quantitative estimate of drug-likeness (QED) is 0.610. The van der Waals surface area contributed by atoms with Crippen LogP contribution in [0.25, 0.3) is 0 Å². The van der Waals surface area contributed by atoms with Crippen LogP contribution < -0.4 is 5.32 Å². The summed E-state index contributed by atoms with van der Waals surface area (Å²) in [5.41, 5.74) is 0. The van der Waals surface area contributed by atoms with Crippen molar-refractivity contribution in [2.45, 2.75) is 45.4 Å². The van der Waals surface area contributed by atoms with E-state index < -0.39 is 0 Å². The summed E-state index contributed by atoms with van der Waals surface area (Å²) in [4.78, 5) is 0. The SMILES string of the molecule is COCCOCCCCNCC1CCCC(C)C1. The Hall–Kier alpha value is -0.120. The van der Waals surface area contributed by atoms with Gasteiger partial charge in [-0.3, -0.25) is 0 Å². The van der Waals surface area contributed by atoms with Crippen molar-refractivity contribution < 1.29 is 9.47 Å². The molecule has 0 bridgehead atoms. The van der Waals surface area contributed by atoms with Gasteiger partial charge in [0.1, 0.15) is 0 Å². The fourth-order valence-corrected chi connectivity index (χ4v) is 2.75. The lowest BCUT2D eigenvalue weighted by Gasteiger charge is -2.26. The summed E-state index contributed by atoms with van der Waals surface area (Å²) >= 11 is 0. The minimum Gasteiger partial charge on any atom is -0.382 e. The van der Waals surface area contributed by atoms with E-state index in [0.29, 0.717) is 6.61 Å². The number of hydrogen-bond donors (Lipinski definition) is 1. The maximum Gasteiger partial charge on any atom is 0.0700 e. The Kier molecular flexibility index (Phi) is 9.54. The molecule has 108 valence electrons. The average Bonchev–Trinajstić information content (AvgIpc) is 2.37. The molecule has 18 heavy (non-hydrogen) atoms. The average molecular weight is 257 g/mol. The first-order valence-electron chi connectivity index (χ1n) is 7.60. The second kappa shape index (κ2) is 10.8. The van der Waals surface area contributed by atoms with E-state index in [9.17, 15) is 0 Å². The van der Waals surface area contributed by atoms with E-state index in [1.165, 1.54) is 38.6 Å². The number of methoxy groups -OCH3 is 1. The van der Waals surface area contributed by atoms with Crippen LogP contribution in [0.2, 0.25) is 0 Å². The highest BCUT2D eigenvalue weighted by atomic mass is 16.5. The zero-order chi connectivity index (χ0) is 13.1. The lowest BCUT2D eigenvalue weighted by atomic mass is 9.82. The van der Waals surface area contributed by atoms with Crippen LogP contribution in [-0.4, -0.2) is 40.0 Å². The monoisotopic (exact) mass is 257 g/mol. The van der Waals surface area contributed by atoms with E-state index in [1.807, 2.05) is 0 Å². The molecule has 0 aromatic rings. The fourth-order valence-electron chi connectivity index (χ4n) is 2.75. The molecule has 2 atom stereocenters. The highest BCUT2D eigenvalue weighted by Crippen LogP contribution is 2.27. The molecule has 0 saturated heterocycles. The molecule has 1 fully saturated rings. The molecule has 1 N–H and O–H groups in total. The van der Waals surface area contributed by atoms with E-state index in [0.717, 1.165) is 38.0 Å². The first-order valence-corrected chi connectivity index (χ1v) is 7.60. The molecule has 0 aromatic heterocycles. The Bertz CT molecular complexity index is 187. The molecular formula is C15H31NO2.